The summed E-state index contributed by atoms with van der Waals surface area (Å²) in [5.74, 6) is -3.89. The maximum Gasteiger partial charge on any atom is 0.316 e. The van der Waals surface area contributed by atoms with Gasteiger partial charge < -0.3 is 31.9 Å². The van der Waals surface area contributed by atoms with E-state index in [1.165, 1.54) is 16.0 Å². The van der Waals surface area contributed by atoms with Crippen LogP contribution in [-0.4, -0.2) is 77.1 Å². The number of ketones is 1. The molecule has 274 valence electrons. The van der Waals surface area contributed by atoms with E-state index in [1.54, 1.807) is 6.08 Å². The lowest BCUT2D eigenvalue weighted by Crippen LogP contribution is -2.62. The Hall–Kier alpha value is -4.22. The molecule has 3 aliphatic rings. The van der Waals surface area contributed by atoms with E-state index in [0.29, 0.717) is 19.3 Å². The van der Waals surface area contributed by atoms with E-state index in [4.69, 9.17) is 5.73 Å². The maximum atomic E-state index is 14.5. The topological polar surface area (TPSA) is 180 Å². The summed E-state index contributed by atoms with van der Waals surface area (Å²) < 4.78 is 0. The molecule has 0 bridgehead atoms. The van der Waals surface area contributed by atoms with Gasteiger partial charge in [0.05, 0.1) is 6.04 Å². The molecule has 1 saturated carbocycles. The molecule has 2 aliphatic carbocycles. The summed E-state index contributed by atoms with van der Waals surface area (Å²) in [4.78, 5) is 81.7. The van der Waals surface area contributed by atoms with Crippen LogP contribution in [0.15, 0.2) is 36.9 Å². The van der Waals surface area contributed by atoms with Gasteiger partial charge in [0.2, 0.25) is 23.5 Å². The van der Waals surface area contributed by atoms with Crippen LogP contribution in [0.2, 0.25) is 0 Å². The summed E-state index contributed by atoms with van der Waals surface area (Å²) in [6.07, 6.45) is 5.18. The molecule has 1 aliphatic heterocycles. The van der Waals surface area contributed by atoms with Gasteiger partial charge in [-0.15, -0.1) is 6.58 Å². The molecule has 1 unspecified atom stereocenters. The standard InChI is InChI=1S/C38H56N6O6/c1-9-26-27(20(2)3)19-44(30(26)35(48)41-28(16-22-14-15-22)31(45)33(39)46)36(49)32(38(6,7)8)43-37(50)42-29(21(4)5)34(47)40-25-17-23-12-10-11-13-24(23)18-25/h9-13,20-22,25-30,32H,1,14-19H2,2-8H3,(H2,39,46)(H,40,47)(H,41,48)(H2,42,43,50)/t26-,27+,28?,29-,30-,32+/m0/s1. The second-order valence-electron chi connectivity index (χ2n) is 16.1. The van der Waals surface area contributed by atoms with Gasteiger partial charge in [0.25, 0.3) is 5.91 Å². The highest BCUT2D eigenvalue weighted by atomic mass is 16.2. The Balaban J connectivity index is 1.52. The number of carbonyl (C=O) groups excluding carboxylic acids is 6. The second kappa shape index (κ2) is 15.8. The molecule has 12 nitrogen and oxygen atoms in total. The predicted molar refractivity (Wildman–Crippen MR) is 190 cm³/mol. The molecule has 12 heteroatoms. The van der Waals surface area contributed by atoms with Gasteiger partial charge in [-0.05, 0) is 59.5 Å². The molecule has 1 saturated heterocycles. The largest absolute Gasteiger partial charge is 0.363 e. The lowest BCUT2D eigenvalue weighted by molar-refractivity contribution is -0.144. The first-order valence-electron chi connectivity index (χ1n) is 17.9. The minimum Gasteiger partial charge on any atom is -0.363 e. The molecule has 6 atom stereocenters. The third-order valence-corrected chi connectivity index (χ3v) is 10.4. The minimum absolute atomic E-state index is 0.0722. The number of urea groups is 1. The second-order valence-corrected chi connectivity index (χ2v) is 16.1. The highest BCUT2D eigenvalue weighted by Crippen LogP contribution is 2.38. The Morgan fingerprint density at radius 1 is 0.960 bits per heavy atom. The zero-order valence-corrected chi connectivity index (χ0v) is 30.6. The Labute approximate surface area is 296 Å². The van der Waals surface area contributed by atoms with E-state index in [9.17, 15) is 28.8 Å². The third-order valence-electron chi connectivity index (χ3n) is 10.4. The van der Waals surface area contributed by atoms with Gasteiger partial charge in [0.15, 0.2) is 0 Å². The van der Waals surface area contributed by atoms with Crippen LogP contribution >= 0.6 is 0 Å². The van der Waals surface area contributed by atoms with Gasteiger partial charge in [-0.2, -0.15) is 0 Å². The van der Waals surface area contributed by atoms with Crippen molar-refractivity contribution in [2.45, 2.75) is 111 Å². The molecule has 0 aromatic heterocycles. The van der Waals surface area contributed by atoms with Crippen LogP contribution in [0.1, 0.15) is 78.9 Å². The zero-order valence-electron chi connectivity index (χ0n) is 30.6. The number of primary amides is 1. The van der Waals surface area contributed by atoms with E-state index in [0.717, 1.165) is 12.8 Å². The number of fused-ring (bicyclic) bond motifs is 1. The lowest BCUT2D eigenvalue weighted by atomic mass is 9.82. The molecule has 1 heterocycles. The van der Waals surface area contributed by atoms with Gasteiger partial charge in [-0.1, -0.05) is 91.6 Å². The Kier molecular flexibility index (Phi) is 12.2. The van der Waals surface area contributed by atoms with Crippen molar-refractivity contribution in [2.75, 3.05) is 6.54 Å². The van der Waals surface area contributed by atoms with Crippen LogP contribution in [0, 0.1) is 35.0 Å². The molecule has 50 heavy (non-hydrogen) atoms. The molecule has 0 spiro atoms. The van der Waals surface area contributed by atoms with Crippen molar-refractivity contribution in [3.05, 3.63) is 48.0 Å². The number of nitrogens with two attached hydrogens (primary N) is 1. The molecule has 4 rings (SSSR count). The van der Waals surface area contributed by atoms with Crippen molar-refractivity contribution >= 4 is 35.4 Å². The van der Waals surface area contributed by atoms with Gasteiger partial charge in [0, 0.05) is 18.5 Å². The van der Waals surface area contributed by atoms with Crippen molar-refractivity contribution in [1.29, 1.82) is 0 Å². The first-order valence-corrected chi connectivity index (χ1v) is 17.9. The summed E-state index contributed by atoms with van der Waals surface area (Å²) >= 11 is 0. The van der Waals surface area contributed by atoms with Gasteiger partial charge in [-0.25, -0.2) is 4.79 Å². The number of carbonyl (C=O) groups is 6. The van der Waals surface area contributed by atoms with E-state index in [1.807, 2.05) is 60.6 Å². The fraction of sp³-hybridized carbons (Fsp3) is 0.632. The van der Waals surface area contributed by atoms with Crippen molar-refractivity contribution in [2.24, 2.45) is 40.7 Å². The van der Waals surface area contributed by atoms with Gasteiger partial charge in [-0.3, -0.25) is 24.0 Å². The molecule has 2 fully saturated rings. The van der Waals surface area contributed by atoms with Crippen molar-refractivity contribution in [3.8, 4) is 0 Å². The monoisotopic (exact) mass is 692 g/mol. The zero-order chi connectivity index (χ0) is 37.1. The SMILES string of the molecule is C=C[C@H]1[C@@H](C(C)C)CN(C(=O)[C@@H](NC(=O)N[C@H](C(=O)NC2Cc3ccccc3C2)C(C)C)C(C)(C)C)[C@@H]1C(=O)NC(CC1CC1)C(=O)C(N)=O. The smallest absolute Gasteiger partial charge is 0.316 e. The molecule has 6 N–H and O–H groups in total. The fourth-order valence-corrected chi connectivity index (χ4v) is 7.37. The highest BCUT2D eigenvalue weighted by Gasteiger charge is 2.51. The maximum absolute atomic E-state index is 14.5. The molecular weight excluding hydrogens is 636 g/mol. The Morgan fingerprint density at radius 2 is 1.56 bits per heavy atom. The first kappa shape index (κ1) is 38.6. The van der Waals surface area contributed by atoms with Crippen molar-refractivity contribution in [3.63, 3.8) is 0 Å². The van der Waals surface area contributed by atoms with Crippen LogP contribution in [0.25, 0.3) is 0 Å². The normalized spacial score (nSPS) is 22.3. The highest BCUT2D eigenvalue weighted by molar-refractivity contribution is 6.37. The number of hydrogen-bond acceptors (Lipinski definition) is 6. The molecule has 0 radical (unpaired) electrons. The Morgan fingerprint density at radius 3 is 2.04 bits per heavy atom. The van der Waals surface area contributed by atoms with Crippen molar-refractivity contribution in [1.82, 2.24) is 26.2 Å². The number of nitrogens with zero attached hydrogens (tertiary/aromatic N) is 1. The molecule has 6 amide bonds. The number of benzene rings is 1. The average Bonchev–Trinajstić information content (AvgIpc) is 3.61. The molecular formula is C38H56N6O6. The third kappa shape index (κ3) is 9.11. The van der Waals surface area contributed by atoms with Crippen LogP contribution in [0.4, 0.5) is 4.79 Å². The van der Waals surface area contributed by atoms with Crippen LogP contribution < -0.4 is 27.0 Å². The Bertz CT molecular complexity index is 1450. The van der Waals surface area contributed by atoms with E-state index >= 15 is 0 Å². The minimum atomic E-state index is -1.12. The molecule has 1 aromatic rings. The van der Waals surface area contributed by atoms with Crippen LogP contribution in [0.3, 0.4) is 0 Å². The summed E-state index contributed by atoms with van der Waals surface area (Å²) in [6.45, 7) is 17.3. The summed E-state index contributed by atoms with van der Waals surface area (Å²) in [7, 11) is 0. The number of Topliss-reactive ketones (excluding diaryl/α,β-unsaturated/α-hetero) is 1. The number of hydrogen-bond donors (Lipinski definition) is 5. The number of amides is 6. The lowest BCUT2D eigenvalue weighted by Gasteiger charge is -2.36. The van der Waals surface area contributed by atoms with E-state index in [2.05, 4.69) is 40.0 Å². The van der Waals surface area contributed by atoms with Crippen LogP contribution in [0.5, 0.6) is 0 Å². The first-order chi connectivity index (χ1) is 23.4. The van der Waals surface area contributed by atoms with Crippen molar-refractivity contribution < 1.29 is 28.8 Å². The molecule has 1 aromatic carbocycles. The van der Waals surface area contributed by atoms with E-state index in [-0.39, 0.29) is 42.2 Å². The number of rotatable bonds is 14. The summed E-state index contributed by atoms with van der Waals surface area (Å²) in [6, 6.07) is 3.24. The average molecular weight is 693 g/mol. The fourth-order valence-electron chi connectivity index (χ4n) is 7.37. The van der Waals surface area contributed by atoms with Gasteiger partial charge >= 0.3 is 6.03 Å². The number of likely N-dealkylation sites (tertiary alicyclic amines) is 1. The quantitative estimate of drug-likeness (QED) is 0.148. The predicted octanol–water partition coefficient (Wildman–Crippen LogP) is 2.63. The number of nitrogens with one attached hydrogen (secondary N) is 4. The van der Waals surface area contributed by atoms with Crippen LogP contribution in [-0.2, 0) is 36.8 Å². The summed E-state index contributed by atoms with van der Waals surface area (Å²) in [5.41, 5.74) is 6.92. The van der Waals surface area contributed by atoms with Gasteiger partial charge in [0.1, 0.15) is 18.1 Å². The van der Waals surface area contributed by atoms with E-state index < -0.39 is 65.0 Å². The summed E-state index contributed by atoms with van der Waals surface area (Å²) in [5, 5.41) is 11.5.